The van der Waals surface area contributed by atoms with Crippen molar-refractivity contribution in [1.82, 2.24) is 29.8 Å². The van der Waals surface area contributed by atoms with Gasteiger partial charge in [-0.25, -0.2) is 15.0 Å². The maximum absolute atomic E-state index is 14.8. The van der Waals surface area contributed by atoms with E-state index in [0.717, 1.165) is 24.1 Å². The molecule has 1 aliphatic carbocycles. The Morgan fingerprint density at radius 3 is 2.62 bits per heavy atom. The van der Waals surface area contributed by atoms with Gasteiger partial charge in [0.15, 0.2) is 0 Å². The summed E-state index contributed by atoms with van der Waals surface area (Å²) < 4.78 is 16.4. The number of anilines is 1. The van der Waals surface area contributed by atoms with Crippen molar-refractivity contribution in [2.75, 3.05) is 12.8 Å². The number of nitrogen functional groups attached to an aromatic ring is 1. The Balaban J connectivity index is 1.55. The van der Waals surface area contributed by atoms with Crippen LogP contribution in [-0.4, -0.2) is 48.6 Å². The van der Waals surface area contributed by atoms with E-state index in [2.05, 4.69) is 15.1 Å². The van der Waals surface area contributed by atoms with Gasteiger partial charge in [-0.05, 0) is 37.1 Å². The zero-order valence-electron chi connectivity index (χ0n) is 19.1. The van der Waals surface area contributed by atoms with Crippen molar-refractivity contribution < 1.29 is 14.0 Å². The quantitative estimate of drug-likeness (QED) is 0.369. The van der Waals surface area contributed by atoms with Crippen molar-refractivity contribution in [2.45, 2.75) is 32.2 Å². The largest absolute Gasteiger partial charge is 0.383 e. The molecule has 2 N–H and O–H groups in total. The molecule has 1 fully saturated rings. The van der Waals surface area contributed by atoms with E-state index >= 15 is 0 Å². The number of halogens is 1. The summed E-state index contributed by atoms with van der Waals surface area (Å²) in [5, 5.41) is 8.03. The third-order valence-corrected chi connectivity index (χ3v) is 6.27. The first kappa shape index (κ1) is 21.7. The summed E-state index contributed by atoms with van der Waals surface area (Å²) in [4.78, 5) is 34.2. The third-order valence-electron chi connectivity index (χ3n) is 6.27. The lowest BCUT2D eigenvalue weighted by atomic mass is 10.1. The van der Waals surface area contributed by atoms with Crippen LogP contribution < -0.4 is 5.73 Å². The molecule has 1 saturated carbocycles. The van der Waals surface area contributed by atoms with Crippen LogP contribution in [0.1, 0.15) is 47.3 Å². The summed E-state index contributed by atoms with van der Waals surface area (Å²) in [6, 6.07) is 8.43. The Morgan fingerprint density at radius 1 is 1.18 bits per heavy atom. The highest BCUT2D eigenvalue weighted by atomic mass is 19.1. The third kappa shape index (κ3) is 3.70. The van der Waals surface area contributed by atoms with Crippen LogP contribution in [0.3, 0.4) is 0 Å². The van der Waals surface area contributed by atoms with E-state index in [4.69, 9.17) is 5.73 Å². The number of rotatable bonds is 4. The Bertz CT molecular complexity index is 1460. The van der Waals surface area contributed by atoms with E-state index in [1.807, 2.05) is 0 Å². The van der Waals surface area contributed by atoms with Crippen LogP contribution >= 0.6 is 0 Å². The number of nitrogens with two attached hydrogens (primary N) is 1. The van der Waals surface area contributed by atoms with E-state index in [9.17, 15) is 14.0 Å². The van der Waals surface area contributed by atoms with Gasteiger partial charge >= 0.3 is 0 Å². The molecule has 0 atom stereocenters. The predicted octanol–water partition coefficient (Wildman–Crippen LogP) is 3.15. The minimum atomic E-state index is -0.631. The number of benzene rings is 1. The van der Waals surface area contributed by atoms with Gasteiger partial charge in [-0.2, -0.15) is 9.49 Å². The number of hydrazine groups is 1. The minimum absolute atomic E-state index is 0.141. The van der Waals surface area contributed by atoms with Gasteiger partial charge in [0, 0.05) is 49.1 Å². The zero-order chi connectivity index (χ0) is 24.1. The van der Waals surface area contributed by atoms with Crippen molar-refractivity contribution >= 4 is 39.4 Å². The molecule has 3 heterocycles. The van der Waals surface area contributed by atoms with Crippen LogP contribution in [0.15, 0.2) is 36.5 Å². The number of hydrogen-bond donors (Lipinski definition) is 1. The van der Waals surface area contributed by atoms with Crippen LogP contribution in [0.4, 0.5) is 10.2 Å². The Morgan fingerprint density at radius 2 is 1.94 bits per heavy atom. The molecule has 9 nitrogen and oxygen atoms in total. The number of nitrogens with zero attached hydrogens (tertiary/aromatic N) is 6. The molecule has 0 bridgehead atoms. The molecule has 34 heavy (non-hydrogen) atoms. The summed E-state index contributed by atoms with van der Waals surface area (Å²) in [7, 11) is 3.26. The lowest BCUT2D eigenvalue weighted by molar-refractivity contribution is -0.140. The first-order valence-electron chi connectivity index (χ1n) is 11.0. The molecule has 0 saturated heterocycles. The highest BCUT2D eigenvalue weighted by Gasteiger charge is 2.28. The van der Waals surface area contributed by atoms with Crippen LogP contribution in [-0.2, 0) is 18.4 Å². The number of aromatic nitrogens is 4. The summed E-state index contributed by atoms with van der Waals surface area (Å²) >= 11 is 0. The topological polar surface area (TPSA) is 110 Å². The molecule has 10 heteroatoms. The van der Waals surface area contributed by atoms with Gasteiger partial charge < -0.3 is 5.73 Å². The van der Waals surface area contributed by atoms with Crippen molar-refractivity contribution in [3.63, 3.8) is 0 Å². The Hall–Kier alpha value is -4.08. The van der Waals surface area contributed by atoms with Crippen molar-refractivity contribution in [3.8, 4) is 0 Å². The maximum atomic E-state index is 14.8. The van der Waals surface area contributed by atoms with Crippen molar-refractivity contribution in [2.24, 2.45) is 7.05 Å². The van der Waals surface area contributed by atoms with E-state index in [-0.39, 0.29) is 18.0 Å². The smallest absolute Gasteiger partial charge is 0.272 e. The van der Waals surface area contributed by atoms with Crippen LogP contribution in [0, 0.1) is 5.95 Å². The zero-order valence-corrected chi connectivity index (χ0v) is 19.1. The van der Waals surface area contributed by atoms with Gasteiger partial charge in [0.1, 0.15) is 5.82 Å². The standard InChI is InChI=1S/C24H24FN7O2/c1-13(33)31(3)32(12-16-7-8-19(14-4-5-14)28-22(16)25)24(34)15-6-9-20-17(10-15)21-18(23(26)29-20)11-27-30(21)2/h6-11,14H,4-5,12H2,1-3H3,(H2,26,29). The maximum Gasteiger partial charge on any atom is 0.272 e. The average molecular weight is 462 g/mol. The SMILES string of the molecule is CC(=O)N(C)N(Cc1ccc(C2CC2)nc1F)C(=O)c1ccc2nc(N)c3cnn(C)c3c2c1. The molecule has 1 aliphatic rings. The fourth-order valence-electron chi connectivity index (χ4n) is 4.09. The molecule has 3 aromatic heterocycles. The van der Waals surface area contributed by atoms with Gasteiger partial charge in [-0.1, -0.05) is 6.07 Å². The molecular weight excluding hydrogens is 437 g/mol. The molecule has 0 aliphatic heterocycles. The number of hydrogen-bond acceptors (Lipinski definition) is 6. The molecule has 0 spiro atoms. The number of pyridine rings is 2. The van der Waals surface area contributed by atoms with Crippen LogP contribution in [0.2, 0.25) is 0 Å². The Kier molecular flexibility index (Phi) is 5.15. The lowest BCUT2D eigenvalue weighted by Crippen LogP contribution is -2.46. The fraction of sp³-hybridized carbons (Fsp3) is 0.292. The second-order valence-corrected chi connectivity index (χ2v) is 8.63. The van der Waals surface area contributed by atoms with Crippen LogP contribution in [0.5, 0.6) is 0 Å². The molecule has 0 unspecified atom stereocenters. The highest BCUT2D eigenvalue weighted by Crippen LogP contribution is 2.39. The monoisotopic (exact) mass is 461 g/mol. The van der Waals surface area contributed by atoms with E-state index in [1.165, 1.54) is 24.0 Å². The van der Waals surface area contributed by atoms with Gasteiger partial charge in [0.2, 0.25) is 11.9 Å². The normalized spacial score (nSPS) is 13.4. The predicted molar refractivity (Wildman–Crippen MR) is 125 cm³/mol. The van der Waals surface area contributed by atoms with Gasteiger partial charge in [-0.3, -0.25) is 19.3 Å². The summed E-state index contributed by atoms with van der Waals surface area (Å²) in [5.74, 6) is -0.789. The van der Waals surface area contributed by atoms with Crippen LogP contribution in [0.25, 0.3) is 21.8 Å². The molecule has 4 aromatic rings. The number of carbonyl (C=O) groups is 2. The first-order chi connectivity index (χ1) is 16.2. The first-order valence-corrected chi connectivity index (χ1v) is 11.0. The lowest BCUT2D eigenvalue weighted by Gasteiger charge is -2.31. The number of carbonyl (C=O) groups excluding carboxylic acids is 2. The highest BCUT2D eigenvalue weighted by molar-refractivity contribution is 6.10. The average Bonchev–Trinajstić information content (AvgIpc) is 3.59. The number of fused-ring (bicyclic) bond motifs is 3. The van der Waals surface area contributed by atoms with Crippen molar-refractivity contribution in [1.29, 1.82) is 0 Å². The summed E-state index contributed by atoms with van der Waals surface area (Å²) in [6.45, 7) is 1.20. The molecule has 1 aromatic carbocycles. The second-order valence-electron chi connectivity index (χ2n) is 8.63. The number of amides is 2. The van der Waals surface area contributed by atoms with Gasteiger partial charge in [0.05, 0.1) is 29.2 Å². The second kappa shape index (κ2) is 8.05. The van der Waals surface area contributed by atoms with Gasteiger partial charge in [-0.15, -0.1) is 0 Å². The molecule has 2 amide bonds. The molecule has 0 radical (unpaired) electrons. The minimum Gasteiger partial charge on any atom is -0.383 e. The Labute approximate surface area is 194 Å². The summed E-state index contributed by atoms with van der Waals surface area (Å²) in [6.07, 6.45) is 3.65. The molecule has 174 valence electrons. The van der Waals surface area contributed by atoms with E-state index in [0.29, 0.717) is 33.6 Å². The van der Waals surface area contributed by atoms with E-state index < -0.39 is 11.9 Å². The molecular formula is C24H24FN7O2. The van der Waals surface area contributed by atoms with E-state index in [1.54, 1.807) is 48.3 Å². The molecule has 5 rings (SSSR count). The fourth-order valence-corrected chi connectivity index (χ4v) is 4.09. The van der Waals surface area contributed by atoms with Gasteiger partial charge in [0.25, 0.3) is 5.91 Å². The number of aryl methyl sites for hydroxylation is 1. The summed E-state index contributed by atoms with van der Waals surface area (Å²) in [5.41, 5.74) is 8.69. The van der Waals surface area contributed by atoms with Crippen molar-refractivity contribution in [3.05, 3.63) is 59.3 Å².